The van der Waals surface area contributed by atoms with Gasteiger partial charge < -0.3 is 31.2 Å². The molecule has 1 aliphatic heterocycles. The van der Waals surface area contributed by atoms with E-state index < -0.39 is 11.8 Å². The molecule has 5 N–H and O–H groups in total. The second-order valence-electron chi connectivity index (χ2n) is 7.54. The SMILES string of the molecule is NC(=O)c1nsc(C(=O)N(CC(=O)NC2CCCC2)Cc2ccc3c(c2)OCO3)c1N. The summed E-state index contributed by atoms with van der Waals surface area (Å²) in [5.41, 5.74) is 11.7. The maximum Gasteiger partial charge on any atom is 0.270 e. The molecule has 0 spiro atoms. The highest BCUT2D eigenvalue weighted by atomic mass is 32.1. The molecule has 1 aromatic carbocycles. The first-order chi connectivity index (χ1) is 14.9. The summed E-state index contributed by atoms with van der Waals surface area (Å²) in [6.07, 6.45) is 4.04. The first kappa shape index (κ1) is 20.9. The first-order valence-electron chi connectivity index (χ1n) is 9.94. The fraction of sp³-hybridized carbons (Fsp3) is 0.400. The summed E-state index contributed by atoms with van der Waals surface area (Å²) in [5.74, 6) is -0.359. The van der Waals surface area contributed by atoms with Gasteiger partial charge in [-0.25, -0.2) is 0 Å². The van der Waals surface area contributed by atoms with Crippen molar-refractivity contribution in [1.82, 2.24) is 14.6 Å². The Bertz CT molecular complexity index is 1020. The molecule has 1 aliphatic carbocycles. The highest BCUT2D eigenvalue weighted by molar-refractivity contribution is 7.09. The van der Waals surface area contributed by atoms with Gasteiger partial charge in [0.25, 0.3) is 11.8 Å². The van der Waals surface area contributed by atoms with Crippen molar-refractivity contribution in [2.45, 2.75) is 38.3 Å². The summed E-state index contributed by atoms with van der Waals surface area (Å²) in [7, 11) is 0. The van der Waals surface area contributed by atoms with Crippen molar-refractivity contribution in [3.63, 3.8) is 0 Å². The van der Waals surface area contributed by atoms with E-state index in [1.807, 2.05) is 0 Å². The number of benzene rings is 1. The van der Waals surface area contributed by atoms with Crippen LogP contribution in [-0.4, -0.2) is 46.4 Å². The molecule has 1 aromatic heterocycles. The number of aromatic nitrogens is 1. The second kappa shape index (κ2) is 8.80. The highest BCUT2D eigenvalue weighted by Crippen LogP contribution is 2.33. The number of nitrogen functional groups attached to an aromatic ring is 1. The Labute approximate surface area is 182 Å². The van der Waals surface area contributed by atoms with E-state index in [4.69, 9.17) is 20.9 Å². The number of nitrogens with zero attached hydrogens (tertiary/aromatic N) is 2. The molecular weight excluding hydrogens is 422 g/mol. The van der Waals surface area contributed by atoms with Crippen LogP contribution >= 0.6 is 11.5 Å². The van der Waals surface area contributed by atoms with E-state index in [0.717, 1.165) is 42.8 Å². The van der Waals surface area contributed by atoms with Crippen molar-refractivity contribution in [1.29, 1.82) is 0 Å². The monoisotopic (exact) mass is 445 g/mol. The van der Waals surface area contributed by atoms with E-state index in [2.05, 4.69) is 9.69 Å². The summed E-state index contributed by atoms with van der Waals surface area (Å²) in [6, 6.07) is 5.45. The Hall–Kier alpha value is -3.34. The molecule has 4 rings (SSSR count). The van der Waals surface area contributed by atoms with Crippen LogP contribution in [-0.2, 0) is 11.3 Å². The van der Waals surface area contributed by atoms with Gasteiger partial charge in [0.1, 0.15) is 11.4 Å². The molecule has 164 valence electrons. The quantitative estimate of drug-likeness (QED) is 0.580. The molecular formula is C20H23N5O5S. The van der Waals surface area contributed by atoms with Crippen LogP contribution in [0.4, 0.5) is 5.69 Å². The number of ether oxygens (including phenoxy) is 2. The standard InChI is InChI=1S/C20H23N5O5S/c21-16-17(19(22)27)24-31-18(16)20(28)25(9-15(26)23-12-3-1-2-4-12)8-11-5-6-13-14(7-11)30-10-29-13/h5-7,12H,1-4,8-10,21H2,(H2,22,27)(H,23,26). The second-order valence-corrected chi connectivity index (χ2v) is 8.31. The molecule has 11 heteroatoms. The van der Waals surface area contributed by atoms with E-state index in [0.29, 0.717) is 11.5 Å². The summed E-state index contributed by atoms with van der Waals surface area (Å²) in [6.45, 7) is 0.113. The van der Waals surface area contributed by atoms with Crippen LogP contribution in [0.3, 0.4) is 0 Å². The number of nitrogens with one attached hydrogen (secondary N) is 1. The molecule has 0 bridgehead atoms. The molecule has 10 nitrogen and oxygen atoms in total. The zero-order valence-electron chi connectivity index (χ0n) is 16.8. The molecule has 1 fully saturated rings. The van der Waals surface area contributed by atoms with Gasteiger partial charge in [-0.2, -0.15) is 4.37 Å². The van der Waals surface area contributed by atoms with Crippen molar-refractivity contribution in [3.8, 4) is 11.5 Å². The van der Waals surface area contributed by atoms with Gasteiger partial charge in [0.15, 0.2) is 17.2 Å². The molecule has 2 aliphatic rings. The normalized spacial score (nSPS) is 15.1. The Kier molecular flexibility index (Phi) is 5.94. The van der Waals surface area contributed by atoms with E-state index >= 15 is 0 Å². The summed E-state index contributed by atoms with van der Waals surface area (Å²) in [5, 5.41) is 2.99. The van der Waals surface area contributed by atoms with Gasteiger partial charge in [0, 0.05) is 12.6 Å². The van der Waals surface area contributed by atoms with Gasteiger partial charge in [0.05, 0.1) is 5.69 Å². The van der Waals surface area contributed by atoms with Crippen LogP contribution in [0.5, 0.6) is 11.5 Å². The maximum absolute atomic E-state index is 13.2. The summed E-state index contributed by atoms with van der Waals surface area (Å²) in [4.78, 5) is 38.8. The van der Waals surface area contributed by atoms with Gasteiger partial charge in [-0.05, 0) is 42.1 Å². The Morgan fingerprint density at radius 2 is 1.94 bits per heavy atom. The van der Waals surface area contributed by atoms with E-state index in [1.54, 1.807) is 18.2 Å². The number of amides is 3. The lowest BCUT2D eigenvalue weighted by atomic mass is 10.1. The lowest BCUT2D eigenvalue weighted by molar-refractivity contribution is -0.122. The molecule has 0 unspecified atom stereocenters. The maximum atomic E-state index is 13.2. The minimum atomic E-state index is -0.811. The van der Waals surface area contributed by atoms with Gasteiger partial charge in [-0.1, -0.05) is 18.9 Å². The Morgan fingerprint density at radius 3 is 2.65 bits per heavy atom. The topological polar surface area (TPSA) is 150 Å². The van der Waals surface area contributed by atoms with Crippen molar-refractivity contribution in [3.05, 3.63) is 34.3 Å². The molecule has 1 saturated carbocycles. The third-order valence-electron chi connectivity index (χ3n) is 5.31. The number of hydrogen-bond donors (Lipinski definition) is 3. The van der Waals surface area contributed by atoms with Crippen LogP contribution in [0.15, 0.2) is 18.2 Å². The lowest BCUT2D eigenvalue weighted by Gasteiger charge is -2.23. The predicted octanol–water partition coefficient (Wildman–Crippen LogP) is 1.25. The largest absolute Gasteiger partial charge is 0.454 e. The Balaban J connectivity index is 1.56. The third kappa shape index (κ3) is 4.55. The number of anilines is 1. The number of fused-ring (bicyclic) bond motifs is 1. The third-order valence-corrected chi connectivity index (χ3v) is 6.16. The smallest absolute Gasteiger partial charge is 0.270 e. The van der Waals surface area contributed by atoms with E-state index in [-0.39, 0.29) is 48.1 Å². The van der Waals surface area contributed by atoms with Crippen molar-refractivity contribution in [2.75, 3.05) is 19.1 Å². The number of carbonyl (C=O) groups excluding carboxylic acids is 3. The zero-order chi connectivity index (χ0) is 22.0. The Morgan fingerprint density at radius 1 is 1.19 bits per heavy atom. The van der Waals surface area contributed by atoms with Crippen molar-refractivity contribution < 1.29 is 23.9 Å². The predicted molar refractivity (Wildman–Crippen MR) is 113 cm³/mol. The van der Waals surface area contributed by atoms with Crippen molar-refractivity contribution >= 4 is 34.9 Å². The van der Waals surface area contributed by atoms with E-state index in [1.165, 1.54) is 4.90 Å². The fourth-order valence-electron chi connectivity index (χ4n) is 3.75. The number of primary amides is 1. The van der Waals surface area contributed by atoms with E-state index in [9.17, 15) is 14.4 Å². The van der Waals surface area contributed by atoms with Gasteiger partial charge in [-0.15, -0.1) is 0 Å². The fourth-order valence-corrected chi connectivity index (χ4v) is 4.52. The average molecular weight is 446 g/mol. The van der Waals surface area contributed by atoms with Crippen LogP contribution in [0, 0.1) is 0 Å². The molecule has 0 radical (unpaired) electrons. The van der Waals surface area contributed by atoms with Gasteiger partial charge in [-0.3, -0.25) is 14.4 Å². The zero-order valence-corrected chi connectivity index (χ0v) is 17.6. The molecule has 31 heavy (non-hydrogen) atoms. The molecule has 3 amide bonds. The first-order valence-corrected chi connectivity index (χ1v) is 10.7. The minimum absolute atomic E-state index is 0.0724. The summed E-state index contributed by atoms with van der Waals surface area (Å²) < 4.78 is 14.6. The highest BCUT2D eigenvalue weighted by Gasteiger charge is 2.28. The summed E-state index contributed by atoms with van der Waals surface area (Å²) >= 11 is 0.788. The molecule has 2 aromatic rings. The number of hydrogen-bond acceptors (Lipinski definition) is 8. The number of carbonyl (C=O) groups is 3. The molecule has 0 saturated heterocycles. The number of rotatable bonds is 7. The molecule has 0 atom stereocenters. The van der Waals surface area contributed by atoms with Gasteiger partial charge >= 0.3 is 0 Å². The van der Waals surface area contributed by atoms with Crippen LogP contribution in [0.1, 0.15) is 51.4 Å². The van der Waals surface area contributed by atoms with Crippen molar-refractivity contribution in [2.24, 2.45) is 5.73 Å². The average Bonchev–Trinajstić information content (AvgIpc) is 3.47. The van der Waals surface area contributed by atoms with Crippen LogP contribution in [0.2, 0.25) is 0 Å². The molecule has 2 heterocycles. The minimum Gasteiger partial charge on any atom is -0.454 e. The lowest BCUT2D eigenvalue weighted by Crippen LogP contribution is -2.43. The van der Waals surface area contributed by atoms with Gasteiger partial charge in [0.2, 0.25) is 12.7 Å². The van der Waals surface area contributed by atoms with Crippen LogP contribution in [0.25, 0.3) is 0 Å². The van der Waals surface area contributed by atoms with Crippen LogP contribution < -0.4 is 26.3 Å². The number of nitrogens with two attached hydrogens (primary N) is 2.